The Kier molecular flexibility index (Phi) is 5.72. The summed E-state index contributed by atoms with van der Waals surface area (Å²) in [7, 11) is 1.26. The number of aromatic nitrogens is 2. The summed E-state index contributed by atoms with van der Waals surface area (Å²) >= 11 is 0. The van der Waals surface area contributed by atoms with E-state index in [0.29, 0.717) is 18.9 Å². The van der Waals surface area contributed by atoms with Crippen molar-refractivity contribution in [2.24, 2.45) is 0 Å². The van der Waals surface area contributed by atoms with E-state index in [1.165, 1.54) is 13.3 Å². The highest BCUT2D eigenvalue weighted by Crippen LogP contribution is 2.03. The van der Waals surface area contributed by atoms with Gasteiger partial charge in [0.05, 0.1) is 13.7 Å². The average Bonchev–Trinajstić information content (AvgIpc) is 2.45. The summed E-state index contributed by atoms with van der Waals surface area (Å²) in [6.45, 7) is 5.28. The van der Waals surface area contributed by atoms with Crippen LogP contribution in [0.25, 0.3) is 0 Å². The molecular weight excluding hydrogens is 248 g/mol. The van der Waals surface area contributed by atoms with Crippen molar-refractivity contribution in [2.45, 2.75) is 13.8 Å². The molecule has 0 spiro atoms. The van der Waals surface area contributed by atoms with Gasteiger partial charge in [-0.3, -0.25) is 4.79 Å². The first kappa shape index (κ1) is 14.9. The smallest absolute Gasteiger partial charge is 0.376 e. The number of likely N-dealkylation sites (N-methyl/N-ethyl adjacent to an activating group) is 1. The molecule has 1 aromatic rings. The van der Waals surface area contributed by atoms with Crippen LogP contribution in [0.4, 0.5) is 5.82 Å². The molecule has 104 valence electrons. The van der Waals surface area contributed by atoms with E-state index in [2.05, 4.69) is 20.0 Å². The zero-order valence-corrected chi connectivity index (χ0v) is 11.3. The van der Waals surface area contributed by atoms with E-state index in [1.54, 1.807) is 11.0 Å². The molecule has 19 heavy (non-hydrogen) atoms. The van der Waals surface area contributed by atoms with Gasteiger partial charge in [-0.2, -0.15) is 0 Å². The number of hydrogen-bond donors (Lipinski definition) is 1. The molecule has 7 nitrogen and oxygen atoms in total. The van der Waals surface area contributed by atoms with Gasteiger partial charge >= 0.3 is 5.97 Å². The molecule has 1 rings (SSSR count). The highest BCUT2D eigenvalue weighted by atomic mass is 16.5. The minimum absolute atomic E-state index is 0.0248. The van der Waals surface area contributed by atoms with Gasteiger partial charge in [-0.25, -0.2) is 14.8 Å². The Morgan fingerprint density at radius 3 is 2.63 bits per heavy atom. The number of methoxy groups -OCH3 is 1. The second kappa shape index (κ2) is 7.30. The van der Waals surface area contributed by atoms with E-state index in [9.17, 15) is 9.59 Å². The number of carbonyl (C=O) groups excluding carboxylic acids is 2. The molecule has 7 heteroatoms. The lowest BCUT2D eigenvalue weighted by molar-refractivity contribution is -0.128. The molecule has 0 aliphatic heterocycles. The summed E-state index contributed by atoms with van der Waals surface area (Å²) in [6.07, 6.45) is 1.43. The van der Waals surface area contributed by atoms with Gasteiger partial charge in [-0.05, 0) is 19.9 Å². The summed E-state index contributed by atoms with van der Waals surface area (Å²) in [5.41, 5.74) is 0. The van der Waals surface area contributed by atoms with E-state index in [1.807, 2.05) is 13.8 Å². The summed E-state index contributed by atoms with van der Waals surface area (Å²) in [6, 6.07) is 1.59. The lowest BCUT2D eigenvalue weighted by Crippen LogP contribution is -2.35. The van der Waals surface area contributed by atoms with E-state index >= 15 is 0 Å². The van der Waals surface area contributed by atoms with Crippen LogP contribution in [0.15, 0.2) is 12.3 Å². The van der Waals surface area contributed by atoms with Crippen LogP contribution in [-0.4, -0.2) is 53.5 Å². The maximum Gasteiger partial charge on any atom is 0.376 e. The first-order valence-electron chi connectivity index (χ1n) is 6.05. The van der Waals surface area contributed by atoms with Crippen LogP contribution in [-0.2, 0) is 9.53 Å². The molecule has 0 fully saturated rings. The number of hydrogen-bond acceptors (Lipinski definition) is 6. The van der Waals surface area contributed by atoms with Crippen LogP contribution in [0.5, 0.6) is 0 Å². The first-order chi connectivity index (χ1) is 9.12. The largest absolute Gasteiger partial charge is 0.463 e. The number of esters is 1. The Hall–Kier alpha value is -2.18. The molecule has 1 heterocycles. The highest BCUT2D eigenvalue weighted by molar-refractivity contribution is 5.85. The maximum absolute atomic E-state index is 11.8. The van der Waals surface area contributed by atoms with Crippen molar-refractivity contribution in [1.29, 1.82) is 0 Å². The lowest BCUT2D eigenvalue weighted by atomic mass is 10.4. The molecule has 0 aliphatic rings. The third kappa shape index (κ3) is 4.20. The van der Waals surface area contributed by atoms with E-state index < -0.39 is 5.97 Å². The van der Waals surface area contributed by atoms with Gasteiger partial charge in [-0.1, -0.05) is 0 Å². The standard InChI is InChI=1S/C12H18N4O3/c1-4-16(5-2)10(17)8-14-9-6-7-13-11(15-9)12(18)19-3/h6-7H,4-5,8H2,1-3H3,(H,13,14,15). The quantitative estimate of drug-likeness (QED) is 0.757. The Bertz CT molecular complexity index is 446. The van der Waals surface area contributed by atoms with Gasteiger partial charge in [0.15, 0.2) is 0 Å². The Balaban J connectivity index is 2.63. The van der Waals surface area contributed by atoms with E-state index in [0.717, 1.165) is 0 Å². The van der Waals surface area contributed by atoms with Crippen molar-refractivity contribution >= 4 is 17.7 Å². The zero-order chi connectivity index (χ0) is 14.3. The molecule has 0 aliphatic carbocycles. The first-order valence-corrected chi connectivity index (χ1v) is 6.05. The second-order valence-corrected chi connectivity index (χ2v) is 3.68. The lowest BCUT2D eigenvalue weighted by Gasteiger charge is -2.18. The maximum atomic E-state index is 11.8. The third-order valence-electron chi connectivity index (χ3n) is 2.56. The molecule has 0 saturated heterocycles. The van der Waals surface area contributed by atoms with Crippen LogP contribution >= 0.6 is 0 Å². The number of ether oxygens (including phenoxy) is 1. The monoisotopic (exact) mass is 266 g/mol. The third-order valence-corrected chi connectivity index (χ3v) is 2.56. The summed E-state index contributed by atoms with van der Waals surface area (Å²) in [5.74, 6) is -0.263. The number of anilines is 1. The average molecular weight is 266 g/mol. The predicted molar refractivity (Wildman–Crippen MR) is 69.8 cm³/mol. The number of rotatable bonds is 6. The number of nitrogens with zero attached hydrogens (tertiary/aromatic N) is 3. The molecule has 1 N–H and O–H groups in total. The molecule has 0 unspecified atom stereocenters. The van der Waals surface area contributed by atoms with Crippen molar-refractivity contribution < 1.29 is 14.3 Å². The second-order valence-electron chi connectivity index (χ2n) is 3.68. The SMILES string of the molecule is CCN(CC)C(=O)CNc1ccnc(C(=O)OC)n1. The molecule has 0 radical (unpaired) electrons. The Morgan fingerprint density at radius 1 is 1.37 bits per heavy atom. The number of nitrogens with one attached hydrogen (secondary N) is 1. The Labute approximate surface area is 112 Å². The van der Waals surface area contributed by atoms with Crippen LogP contribution < -0.4 is 5.32 Å². The number of amides is 1. The minimum Gasteiger partial charge on any atom is -0.463 e. The van der Waals surface area contributed by atoms with Gasteiger partial charge in [0.2, 0.25) is 11.7 Å². The molecule has 0 aromatic carbocycles. The highest BCUT2D eigenvalue weighted by Gasteiger charge is 2.12. The summed E-state index contributed by atoms with van der Waals surface area (Å²) in [5, 5.41) is 2.86. The van der Waals surface area contributed by atoms with Crippen LogP contribution in [0, 0.1) is 0 Å². The van der Waals surface area contributed by atoms with Crippen molar-refractivity contribution in [3.63, 3.8) is 0 Å². The van der Waals surface area contributed by atoms with Crippen molar-refractivity contribution in [2.75, 3.05) is 32.1 Å². The van der Waals surface area contributed by atoms with Gasteiger partial charge < -0.3 is 15.0 Å². The van der Waals surface area contributed by atoms with Crippen molar-refractivity contribution in [1.82, 2.24) is 14.9 Å². The van der Waals surface area contributed by atoms with Crippen LogP contribution in [0.2, 0.25) is 0 Å². The number of carbonyl (C=O) groups is 2. The topological polar surface area (TPSA) is 84.4 Å². The van der Waals surface area contributed by atoms with Crippen LogP contribution in [0.3, 0.4) is 0 Å². The molecule has 0 atom stereocenters. The van der Waals surface area contributed by atoms with Gasteiger partial charge in [0.1, 0.15) is 5.82 Å². The fraction of sp³-hybridized carbons (Fsp3) is 0.500. The molecule has 0 saturated carbocycles. The van der Waals surface area contributed by atoms with Gasteiger partial charge in [0, 0.05) is 19.3 Å². The van der Waals surface area contributed by atoms with E-state index in [-0.39, 0.29) is 18.3 Å². The normalized spacial score (nSPS) is 9.84. The molecule has 0 bridgehead atoms. The molecular formula is C12H18N4O3. The fourth-order valence-electron chi connectivity index (χ4n) is 1.50. The summed E-state index contributed by atoms with van der Waals surface area (Å²) in [4.78, 5) is 32.5. The van der Waals surface area contributed by atoms with E-state index in [4.69, 9.17) is 0 Å². The fourth-order valence-corrected chi connectivity index (χ4v) is 1.50. The predicted octanol–water partition coefficient (Wildman–Crippen LogP) is 0.543. The van der Waals surface area contributed by atoms with Gasteiger partial charge in [0.25, 0.3) is 0 Å². The molecule has 1 amide bonds. The molecule has 1 aromatic heterocycles. The van der Waals surface area contributed by atoms with Gasteiger partial charge in [-0.15, -0.1) is 0 Å². The summed E-state index contributed by atoms with van der Waals surface area (Å²) < 4.78 is 4.52. The zero-order valence-electron chi connectivity index (χ0n) is 11.3. The Morgan fingerprint density at radius 2 is 2.05 bits per heavy atom. The minimum atomic E-state index is -0.612. The van der Waals surface area contributed by atoms with Crippen LogP contribution in [0.1, 0.15) is 24.5 Å². The van der Waals surface area contributed by atoms with Crippen molar-refractivity contribution in [3.05, 3.63) is 18.1 Å². The van der Waals surface area contributed by atoms with Crippen molar-refractivity contribution in [3.8, 4) is 0 Å².